The summed E-state index contributed by atoms with van der Waals surface area (Å²) in [5.41, 5.74) is 5.89. The number of hydrogen-bond donors (Lipinski definition) is 1. The van der Waals surface area contributed by atoms with Gasteiger partial charge in [0.15, 0.2) is 0 Å². The van der Waals surface area contributed by atoms with Gasteiger partial charge in [-0.25, -0.2) is 8.42 Å². The van der Waals surface area contributed by atoms with Gasteiger partial charge in [0.2, 0.25) is 0 Å². The fraction of sp³-hybridized carbons (Fsp3) is 1.00. The first-order valence-corrected chi connectivity index (χ1v) is 7.95. The number of unbranched alkanes of at least 4 members (excludes halogenated alkanes) is 3. The number of sulfone groups is 1. The Hall–Kier alpha value is -0.0900. The van der Waals surface area contributed by atoms with Gasteiger partial charge in [-0.05, 0) is 19.3 Å². The van der Waals surface area contributed by atoms with Gasteiger partial charge in [-0.15, -0.1) is 0 Å². The van der Waals surface area contributed by atoms with E-state index in [9.17, 15) is 8.42 Å². The molecule has 0 saturated carbocycles. The highest BCUT2D eigenvalue weighted by atomic mass is 32.2. The summed E-state index contributed by atoms with van der Waals surface area (Å²) in [6.45, 7) is 2.19. The van der Waals surface area contributed by atoms with Crippen molar-refractivity contribution in [1.82, 2.24) is 0 Å². The van der Waals surface area contributed by atoms with Crippen molar-refractivity contribution in [2.45, 2.75) is 57.9 Å². The molecule has 0 rings (SSSR count). The van der Waals surface area contributed by atoms with Crippen molar-refractivity contribution in [3.63, 3.8) is 0 Å². The van der Waals surface area contributed by atoms with Crippen molar-refractivity contribution >= 4 is 9.84 Å². The summed E-state index contributed by atoms with van der Waals surface area (Å²) < 4.78 is 21.7. The van der Waals surface area contributed by atoms with Crippen molar-refractivity contribution in [3.05, 3.63) is 0 Å². The molecule has 0 heterocycles. The zero-order chi connectivity index (χ0) is 11.7. The predicted octanol–water partition coefficient (Wildman–Crippen LogP) is 2.11. The molecular formula is C11H25NO2S. The van der Waals surface area contributed by atoms with E-state index in [1.54, 1.807) is 0 Å². The molecule has 0 aromatic carbocycles. The summed E-state index contributed by atoms with van der Waals surface area (Å²) in [5, 5.41) is 0. The minimum Gasteiger partial charge on any atom is -0.328 e. The van der Waals surface area contributed by atoms with Gasteiger partial charge in [0.05, 0.1) is 0 Å². The lowest BCUT2D eigenvalue weighted by molar-refractivity contribution is 0.515. The van der Waals surface area contributed by atoms with Crippen LogP contribution in [0.3, 0.4) is 0 Å². The van der Waals surface area contributed by atoms with E-state index in [1.165, 1.54) is 31.9 Å². The van der Waals surface area contributed by atoms with Crippen molar-refractivity contribution in [2.24, 2.45) is 5.73 Å². The second kappa shape index (κ2) is 8.11. The molecular weight excluding hydrogens is 210 g/mol. The first-order valence-electron chi connectivity index (χ1n) is 5.89. The van der Waals surface area contributed by atoms with E-state index >= 15 is 0 Å². The maximum Gasteiger partial charge on any atom is 0.147 e. The largest absolute Gasteiger partial charge is 0.328 e. The van der Waals surface area contributed by atoms with E-state index < -0.39 is 9.84 Å². The van der Waals surface area contributed by atoms with Gasteiger partial charge in [-0.3, -0.25) is 0 Å². The van der Waals surface area contributed by atoms with Gasteiger partial charge in [0, 0.05) is 18.1 Å². The second-order valence-corrected chi connectivity index (χ2v) is 6.64. The summed E-state index contributed by atoms with van der Waals surface area (Å²) in [6.07, 6.45) is 8.78. The third kappa shape index (κ3) is 11.8. The highest BCUT2D eigenvalue weighted by Gasteiger charge is 2.06. The zero-order valence-electron chi connectivity index (χ0n) is 10.0. The monoisotopic (exact) mass is 235 g/mol. The number of hydrogen-bond acceptors (Lipinski definition) is 3. The van der Waals surface area contributed by atoms with Crippen molar-refractivity contribution in [1.29, 1.82) is 0 Å². The Morgan fingerprint density at radius 3 is 2.20 bits per heavy atom. The Balaban J connectivity index is 3.37. The molecule has 4 heteroatoms. The van der Waals surface area contributed by atoms with Crippen LogP contribution in [-0.2, 0) is 9.84 Å². The van der Waals surface area contributed by atoms with Crippen LogP contribution in [0, 0.1) is 0 Å². The van der Waals surface area contributed by atoms with Gasteiger partial charge in [0.1, 0.15) is 9.84 Å². The van der Waals surface area contributed by atoms with Crippen LogP contribution < -0.4 is 5.73 Å². The molecule has 0 aromatic heterocycles. The predicted molar refractivity (Wildman–Crippen MR) is 65.7 cm³/mol. The van der Waals surface area contributed by atoms with Gasteiger partial charge in [-0.2, -0.15) is 0 Å². The van der Waals surface area contributed by atoms with Gasteiger partial charge < -0.3 is 5.73 Å². The SMILES string of the molecule is CCCCCCC(N)CCCS(C)(=O)=O. The first-order chi connectivity index (χ1) is 6.95. The van der Waals surface area contributed by atoms with Gasteiger partial charge >= 0.3 is 0 Å². The Bertz CT molecular complexity index is 237. The minimum atomic E-state index is -2.80. The molecule has 0 aliphatic heterocycles. The highest BCUT2D eigenvalue weighted by Crippen LogP contribution is 2.08. The molecule has 0 aliphatic rings. The molecule has 1 atom stereocenters. The van der Waals surface area contributed by atoms with E-state index in [1.807, 2.05) is 0 Å². The third-order valence-electron chi connectivity index (χ3n) is 2.52. The Morgan fingerprint density at radius 1 is 1.07 bits per heavy atom. The van der Waals surface area contributed by atoms with Crippen LogP contribution in [0.1, 0.15) is 51.9 Å². The summed E-state index contributed by atoms with van der Waals surface area (Å²) >= 11 is 0. The van der Waals surface area contributed by atoms with E-state index in [0.717, 1.165) is 12.8 Å². The maximum atomic E-state index is 10.9. The Kier molecular flexibility index (Phi) is 8.06. The molecule has 0 aliphatic carbocycles. The van der Waals surface area contributed by atoms with Crippen LogP contribution in [-0.4, -0.2) is 26.5 Å². The van der Waals surface area contributed by atoms with Crippen molar-refractivity contribution < 1.29 is 8.42 Å². The number of rotatable bonds is 9. The summed E-state index contributed by atoms with van der Waals surface area (Å²) in [6, 6.07) is 0.184. The summed E-state index contributed by atoms with van der Waals surface area (Å²) in [5.74, 6) is 0.273. The number of nitrogens with two attached hydrogens (primary N) is 1. The molecule has 2 N–H and O–H groups in total. The molecule has 3 nitrogen and oxygen atoms in total. The highest BCUT2D eigenvalue weighted by molar-refractivity contribution is 7.90. The Labute approximate surface area is 94.4 Å². The smallest absolute Gasteiger partial charge is 0.147 e. The molecule has 0 amide bonds. The van der Waals surface area contributed by atoms with E-state index in [0.29, 0.717) is 6.42 Å². The average molecular weight is 235 g/mol. The maximum absolute atomic E-state index is 10.9. The topological polar surface area (TPSA) is 60.2 Å². The molecule has 92 valence electrons. The lowest BCUT2D eigenvalue weighted by Crippen LogP contribution is -2.20. The molecule has 1 unspecified atom stereocenters. The standard InChI is InChI=1S/C11H25NO2S/c1-3-4-5-6-8-11(12)9-7-10-15(2,13)14/h11H,3-10,12H2,1-2H3. The van der Waals surface area contributed by atoms with Gasteiger partial charge in [0.25, 0.3) is 0 Å². The van der Waals surface area contributed by atoms with Crippen LogP contribution in [0.5, 0.6) is 0 Å². The van der Waals surface area contributed by atoms with E-state index in [4.69, 9.17) is 5.73 Å². The molecule has 0 saturated heterocycles. The first kappa shape index (κ1) is 14.9. The van der Waals surface area contributed by atoms with Crippen LogP contribution in [0.2, 0.25) is 0 Å². The zero-order valence-corrected chi connectivity index (χ0v) is 10.9. The Morgan fingerprint density at radius 2 is 1.67 bits per heavy atom. The second-order valence-electron chi connectivity index (χ2n) is 4.38. The molecule has 0 aromatic rings. The molecule has 0 radical (unpaired) electrons. The van der Waals surface area contributed by atoms with Crippen LogP contribution >= 0.6 is 0 Å². The van der Waals surface area contributed by atoms with Crippen LogP contribution in [0.15, 0.2) is 0 Å². The van der Waals surface area contributed by atoms with Crippen LogP contribution in [0.4, 0.5) is 0 Å². The summed E-state index contributed by atoms with van der Waals surface area (Å²) in [4.78, 5) is 0. The normalized spacial score (nSPS) is 14.1. The van der Waals surface area contributed by atoms with E-state index in [-0.39, 0.29) is 11.8 Å². The quantitative estimate of drug-likeness (QED) is 0.623. The van der Waals surface area contributed by atoms with Gasteiger partial charge in [-0.1, -0.05) is 32.6 Å². The molecule has 0 spiro atoms. The van der Waals surface area contributed by atoms with E-state index in [2.05, 4.69) is 6.92 Å². The average Bonchev–Trinajstić information content (AvgIpc) is 2.10. The lowest BCUT2D eigenvalue weighted by Gasteiger charge is -2.10. The molecule has 15 heavy (non-hydrogen) atoms. The fourth-order valence-corrected chi connectivity index (χ4v) is 2.28. The third-order valence-corrected chi connectivity index (χ3v) is 3.55. The minimum absolute atomic E-state index is 0.184. The summed E-state index contributed by atoms with van der Waals surface area (Å²) in [7, 11) is -2.80. The van der Waals surface area contributed by atoms with Crippen LogP contribution in [0.25, 0.3) is 0 Å². The lowest BCUT2D eigenvalue weighted by atomic mass is 10.0. The molecule has 0 bridgehead atoms. The fourth-order valence-electron chi connectivity index (χ4n) is 1.59. The van der Waals surface area contributed by atoms with Crippen molar-refractivity contribution in [3.8, 4) is 0 Å². The molecule has 0 fully saturated rings. The van der Waals surface area contributed by atoms with Crippen molar-refractivity contribution in [2.75, 3.05) is 12.0 Å².